The van der Waals surface area contributed by atoms with Crippen LogP contribution in [0.3, 0.4) is 0 Å². The summed E-state index contributed by atoms with van der Waals surface area (Å²) in [5.74, 6) is -0.123. The molecule has 3 aromatic rings. The molecule has 2 N–H and O–H groups in total. The van der Waals surface area contributed by atoms with Crippen LogP contribution in [0.15, 0.2) is 60.7 Å². The first-order chi connectivity index (χ1) is 14.8. The van der Waals surface area contributed by atoms with Crippen LogP contribution in [-0.4, -0.2) is 24.1 Å². The molecular formula is C26H24N2O3. The van der Waals surface area contributed by atoms with Crippen LogP contribution in [0, 0.1) is 12.8 Å². The average Bonchev–Trinajstić information content (AvgIpc) is 3.05. The molecule has 4 rings (SSSR count). The summed E-state index contributed by atoms with van der Waals surface area (Å²) in [5.41, 5.74) is 5.34. The van der Waals surface area contributed by atoms with Crippen LogP contribution in [0.4, 0.5) is 5.69 Å². The molecule has 3 aromatic carbocycles. The number of rotatable bonds is 5. The second kappa shape index (κ2) is 8.19. The Kier molecular flexibility index (Phi) is 5.42. The maximum Gasteiger partial charge on any atom is 0.255 e. The first-order valence-corrected chi connectivity index (χ1v) is 10.3. The molecule has 0 aromatic heterocycles. The molecule has 1 aliphatic rings. The first kappa shape index (κ1) is 20.5. The lowest BCUT2D eigenvalue weighted by atomic mass is 10.0. The van der Waals surface area contributed by atoms with Crippen molar-refractivity contribution in [2.75, 3.05) is 11.9 Å². The molecular weight excluding hydrogens is 388 g/mol. The number of anilines is 1. The quantitative estimate of drug-likeness (QED) is 0.492. The van der Waals surface area contributed by atoms with Crippen molar-refractivity contribution in [2.24, 2.45) is 5.92 Å². The Morgan fingerprint density at radius 2 is 1.45 bits per heavy atom. The molecule has 0 heterocycles. The predicted molar refractivity (Wildman–Crippen MR) is 122 cm³/mol. The maximum atomic E-state index is 12.8. The summed E-state index contributed by atoms with van der Waals surface area (Å²) in [6, 6.07) is 17.8. The number of fused-ring (bicyclic) bond motifs is 3. The molecule has 31 heavy (non-hydrogen) atoms. The summed E-state index contributed by atoms with van der Waals surface area (Å²) in [5, 5.41) is 5.78. The molecule has 2 amide bonds. The molecule has 0 atom stereocenters. The van der Waals surface area contributed by atoms with Crippen LogP contribution in [0.25, 0.3) is 11.1 Å². The standard InChI is InChI=1S/C26H24N2O3/c1-15(2)14-27-25(30)17-9-11-23(16(3)12-17)28-26(31)18-8-10-20-19-6-4-5-7-21(19)24(29)22(20)13-18/h4-13,15H,14H2,1-3H3,(H,27,30)(H,28,31). The summed E-state index contributed by atoms with van der Waals surface area (Å²) >= 11 is 0. The molecule has 156 valence electrons. The Balaban J connectivity index is 1.52. The van der Waals surface area contributed by atoms with Crippen molar-refractivity contribution in [2.45, 2.75) is 20.8 Å². The van der Waals surface area contributed by atoms with Crippen molar-refractivity contribution >= 4 is 23.3 Å². The van der Waals surface area contributed by atoms with Gasteiger partial charge in [-0.2, -0.15) is 0 Å². The lowest BCUT2D eigenvalue weighted by molar-refractivity contribution is 0.0947. The van der Waals surface area contributed by atoms with Gasteiger partial charge in [0, 0.05) is 34.5 Å². The highest BCUT2D eigenvalue weighted by Crippen LogP contribution is 2.36. The first-order valence-electron chi connectivity index (χ1n) is 10.3. The van der Waals surface area contributed by atoms with E-state index in [1.54, 1.807) is 36.4 Å². The van der Waals surface area contributed by atoms with Crippen molar-refractivity contribution in [3.8, 4) is 11.1 Å². The molecule has 0 bridgehead atoms. The number of benzene rings is 3. The Labute approximate surface area is 181 Å². The Morgan fingerprint density at radius 3 is 2.16 bits per heavy atom. The van der Waals surface area contributed by atoms with E-state index < -0.39 is 0 Å². The molecule has 5 nitrogen and oxygen atoms in total. The van der Waals surface area contributed by atoms with Crippen molar-refractivity contribution in [1.29, 1.82) is 0 Å². The summed E-state index contributed by atoms with van der Waals surface area (Å²) < 4.78 is 0. The van der Waals surface area contributed by atoms with Crippen LogP contribution < -0.4 is 10.6 Å². The molecule has 0 radical (unpaired) electrons. The monoisotopic (exact) mass is 412 g/mol. The van der Waals surface area contributed by atoms with E-state index in [1.165, 1.54) is 0 Å². The highest BCUT2D eigenvalue weighted by molar-refractivity contribution is 6.22. The normalized spacial score (nSPS) is 11.8. The number of hydrogen-bond donors (Lipinski definition) is 2. The SMILES string of the molecule is Cc1cc(C(=O)NCC(C)C)ccc1NC(=O)c1ccc2c(c1)C(=O)c1ccccc1-2. The fraction of sp³-hybridized carbons (Fsp3) is 0.192. The molecule has 0 unspecified atom stereocenters. The van der Waals surface area contributed by atoms with E-state index in [0.717, 1.165) is 16.7 Å². The van der Waals surface area contributed by atoms with Crippen LogP contribution in [0.1, 0.15) is 56.0 Å². The third-order valence-corrected chi connectivity index (χ3v) is 5.40. The Morgan fingerprint density at radius 1 is 0.806 bits per heavy atom. The van der Waals surface area contributed by atoms with Crippen LogP contribution in [-0.2, 0) is 0 Å². The zero-order valence-corrected chi connectivity index (χ0v) is 17.8. The van der Waals surface area contributed by atoms with Gasteiger partial charge in [0.2, 0.25) is 0 Å². The van der Waals surface area contributed by atoms with Gasteiger partial charge in [-0.15, -0.1) is 0 Å². The highest BCUT2D eigenvalue weighted by Gasteiger charge is 2.27. The minimum absolute atomic E-state index is 0.0619. The van der Waals surface area contributed by atoms with Gasteiger partial charge in [0.15, 0.2) is 5.78 Å². The van der Waals surface area contributed by atoms with Crippen molar-refractivity contribution in [1.82, 2.24) is 5.32 Å². The largest absolute Gasteiger partial charge is 0.352 e. The number of nitrogens with one attached hydrogen (secondary N) is 2. The molecule has 0 spiro atoms. The number of carbonyl (C=O) groups is 3. The van der Waals surface area contributed by atoms with E-state index in [-0.39, 0.29) is 17.6 Å². The summed E-state index contributed by atoms with van der Waals surface area (Å²) in [7, 11) is 0. The second-order valence-corrected chi connectivity index (χ2v) is 8.22. The topological polar surface area (TPSA) is 75.3 Å². The lowest BCUT2D eigenvalue weighted by Crippen LogP contribution is -2.27. The van der Waals surface area contributed by atoms with E-state index in [0.29, 0.717) is 40.4 Å². The smallest absolute Gasteiger partial charge is 0.255 e. The summed E-state index contributed by atoms with van der Waals surface area (Å²) in [4.78, 5) is 37.8. The predicted octanol–water partition coefficient (Wildman–Crippen LogP) is 4.84. The van der Waals surface area contributed by atoms with Gasteiger partial charge in [-0.25, -0.2) is 0 Å². The maximum absolute atomic E-state index is 12.8. The molecule has 1 aliphatic carbocycles. The summed E-state index contributed by atoms with van der Waals surface area (Å²) in [6.45, 7) is 6.53. The molecule has 0 fully saturated rings. The van der Waals surface area contributed by atoms with E-state index in [2.05, 4.69) is 10.6 Å². The zero-order valence-electron chi connectivity index (χ0n) is 17.8. The number of hydrogen-bond acceptors (Lipinski definition) is 3. The van der Waals surface area contributed by atoms with Crippen molar-refractivity contribution < 1.29 is 14.4 Å². The second-order valence-electron chi connectivity index (χ2n) is 8.22. The van der Waals surface area contributed by atoms with Gasteiger partial charge in [0.05, 0.1) is 0 Å². The third kappa shape index (κ3) is 3.99. The lowest BCUT2D eigenvalue weighted by Gasteiger charge is -2.12. The van der Waals surface area contributed by atoms with Crippen LogP contribution in [0.5, 0.6) is 0 Å². The van der Waals surface area contributed by atoms with E-state index in [9.17, 15) is 14.4 Å². The van der Waals surface area contributed by atoms with Gasteiger partial charge in [-0.3, -0.25) is 14.4 Å². The molecule has 0 aliphatic heterocycles. The van der Waals surface area contributed by atoms with Crippen molar-refractivity contribution in [3.63, 3.8) is 0 Å². The Hall–Kier alpha value is -3.73. The number of aryl methyl sites for hydroxylation is 1. The van der Waals surface area contributed by atoms with Gasteiger partial charge in [0.1, 0.15) is 0 Å². The number of ketones is 1. The Bertz CT molecular complexity index is 1210. The van der Waals surface area contributed by atoms with Gasteiger partial charge in [-0.05, 0) is 59.9 Å². The number of carbonyl (C=O) groups excluding carboxylic acids is 3. The fourth-order valence-corrected chi connectivity index (χ4v) is 3.71. The zero-order chi connectivity index (χ0) is 22.1. The van der Waals surface area contributed by atoms with Crippen LogP contribution >= 0.6 is 0 Å². The van der Waals surface area contributed by atoms with E-state index in [1.807, 2.05) is 45.0 Å². The number of amides is 2. The molecule has 0 saturated carbocycles. The van der Waals surface area contributed by atoms with Gasteiger partial charge < -0.3 is 10.6 Å². The minimum Gasteiger partial charge on any atom is -0.352 e. The third-order valence-electron chi connectivity index (χ3n) is 5.40. The van der Waals surface area contributed by atoms with Crippen molar-refractivity contribution in [3.05, 3.63) is 88.5 Å². The van der Waals surface area contributed by atoms with Crippen LogP contribution in [0.2, 0.25) is 0 Å². The van der Waals surface area contributed by atoms with Gasteiger partial charge >= 0.3 is 0 Å². The fourth-order valence-electron chi connectivity index (χ4n) is 3.71. The van der Waals surface area contributed by atoms with Gasteiger partial charge in [0.25, 0.3) is 11.8 Å². The van der Waals surface area contributed by atoms with E-state index >= 15 is 0 Å². The average molecular weight is 412 g/mol. The molecule has 0 saturated heterocycles. The highest BCUT2D eigenvalue weighted by atomic mass is 16.2. The summed E-state index contributed by atoms with van der Waals surface area (Å²) in [6.07, 6.45) is 0. The van der Waals surface area contributed by atoms with Gasteiger partial charge in [-0.1, -0.05) is 44.2 Å². The minimum atomic E-state index is -0.299. The van der Waals surface area contributed by atoms with E-state index in [4.69, 9.17) is 0 Å². The molecule has 5 heteroatoms.